The van der Waals surface area contributed by atoms with Gasteiger partial charge in [-0.2, -0.15) is 5.10 Å². The summed E-state index contributed by atoms with van der Waals surface area (Å²) in [7, 11) is 1.90. The number of rotatable bonds is 6. The Balaban J connectivity index is 2.27. The van der Waals surface area contributed by atoms with Crippen molar-refractivity contribution in [2.45, 2.75) is 25.8 Å². The average Bonchev–Trinajstić information content (AvgIpc) is 2.76. The molecule has 2 rings (SSSR count). The Morgan fingerprint density at radius 2 is 2.15 bits per heavy atom. The molecule has 0 saturated heterocycles. The summed E-state index contributed by atoms with van der Waals surface area (Å²) < 4.78 is 16.6. The van der Waals surface area contributed by atoms with Crippen LogP contribution in [0.1, 0.15) is 30.6 Å². The maximum Gasteiger partial charge on any atom is 0.126 e. The van der Waals surface area contributed by atoms with Gasteiger partial charge >= 0.3 is 0 Å². The topological polar surface area (TPSA) is 29.9 Å². The van der Waals surface area contributed by atoms with E-state index < -0.39 is 0 Å². The second-order valence-corrected chi connectivity index (χ2v) is 5.66. The van der Waals surface area contributed by atoms with Gasteiger partial charge in [-0.05, 0) is 46.9 Å². The van der Waals surface area contributed by atoms with Crippen LogP contribution in [0.15, 0.2) is 34.9 Å². The van der Waals surface area contributed by atoms with Gasteiger partial charge in [0.25, 0.3) is 0 Å². The van der Waals surface area contributed by atoms with Crippen molar-refractivity contribution < 1.29 is 4.39 Å². The summed E-state index contributed by atoms with van der Waals surface area (Å²) in [4.78, 5) is 0. The summed E-state index contributed by atoms with van der Waals surface area (Å²) in [5.74, 6) is -0.158. The number of hydrogen-bond donors (Lipinski definition) is 1. The fourth-order valence-electron chi connectivity index (χ4n) is 2.28. The van der Waals surface area contributed by atoms with E-state index in [1.54, 1.807) is 12.3 Å². The minimum Gasteiger partial charge on any atom is -0.308 e. The molecule has 0 aliphatic rings. The highest BCUT2D eigenvalue weighted by Crippen LogP contribution is 2.26. The predicted octanol–water partition coefficient (Wildman–Crippen LogP) is 3.61. The Bertz CT molecular complexity index is 548. The average molecular weight is 340 g/mol. The summed E-state index contributed by atoms with van der Waals surface area (Å²) in [6, 6.07) is 6.96. The van der Waals surface area contributed by atoms with Crippen molar-refractivity contribution >= 4 is 15.9 Å². The van der Waals surface area contributed by atoms with Crippen LogP contribution in [0.25, 0.3) is 0 Å². The van der Waals surface area contributed by atoms with Crippen molar-refractivity contribution in [2.75, 3.05) is 6.54 Å². The number of nitrogens with zero attached hydrogens (tertiary/aromatic N) is 2. The van der Waals surface area contributed by atoms with Crippen LogP contribution < -0.4 is 5.32 Å². The van der Waals surface area contributed by atoms with E-state index in [1.165, 1.54) is 6.07 Å². The highest BCUT2D eigenvalue weighted by molar-refractivity contribution is 9.10. The molecule has 0 saturated carbocycles. The smallest absolute Gasteiger partial charge is 0.126 e. The molecule has 1 aromatic carbocycles. The van der Waals surface area contributed by atoms with E-state index in [9.17, 15) is 4.39 Å². The quantitative estimate of drug-likeness (QED) is 0.871. The minimum atomic E-state index is -0.158. The van der Waals surface area contributed by atoms with Crippen LogP contribution in [0.2, 0.25) is 0 Å². The van der Waals surface area contributed by atoms with Crippen LogP contribution in [0.4, 0.5) is 4.39 Å². The minimum absolute atomic E-state index is 0.0359. The molecule has 1 N–H and O–H groups in total. The summed E-state index contributed by atoms with van der Waals surface area (Å²) >= 11 is 3.52. The molecule has 20 heavy (non-hydrogen) atoms. The molecule has 1 unspecified atom stereocenters. The first-order valence-corrected chi connectivity index (χ1v) is 7.57. The molecule has 1 heterocycles. The Labute approximate surface area is 127 Å². The van der Waals surface area contributed by atoms with Crippen LogP contribution in [-0.4, -0.2) is 16.3 Å². The lowest BCUT2D eigenvalue weighted by Gasteiger charge is -2.20. The molecule has 5 heteroatoms. The van der Waals surface area contributed by atoms with E-state index in [1.807, 2.05) is 23.9 Å². The van der Waals surface area contributed by atoms with Crippen LogP contribution >= 0.6 is 15.9 Å². The lowest BCUT2D eigenvalue weighted by Crippen LogP contribution is -2.26. The molecule has 0 bridgehead atoms. The zero-order valence-electron chi connectivity index (χ0n) is 11.7. The van der Waals surface area contributed by atoms with E-state index in [0.717, 1.165) is 23.1 Å². The molecule has 108 valence electrons. The van der Waals surface area contributed by atoms with E-state index in [-0.39, 0.29) is 11.9 Å². The highest BCUT2D eigenvalue weighted by atomic mass is 79.9. The number of halogens is 2. The fourth-order valence-corrected chi connectivity index (χ4v) is 2.90. The van der Waals surface area contributed by atoms with Gasteiger partial charge in [0, 0.05) is 7.05 Å². The summed E-state index contributed by atoms with van der Waals surface area (Å²) in [5, 5.41) is 7.72. The van der Waals surface area contributed by atoms with Gasteiger partial charge in [0.1, 0.15) is 5.82 Å². The predicted molar refractivity (Wildman–Crippen MR) is 82.0 cm³/mol. The van der Waals surface area contributed by atoms with E-state index >= 15 is 0 Å². The van der Waals surface area contributed by atoms with Gasteiger partial charge in [0.05, 0.1) is 22.4 Å². The number of benzene rings is 1. The first-order chi connectivity index (χ1) is 9.63. The van der Waals surface area contributed by atoms with Gasteiger partial charge in [-0.1, -0.05) is 25.1 Å². The standard InChI is InChI=1S/C15H19BrFN3/c1-3-8-18-14(15-12(16)10-19-20(15)2)9-11-6-4-5-7-13(11)17/h4-7,10,14,18H,3,8-9H2,1-2H3. The van der Waals surface area contributed by atoms with Crippen molar-refractivity contribution in [1.29, 1.82) is 0 Å². The lowest BCUT2D eigenvalue weighted by atomic mass is 10.0. The zero-order chi connectivity index (χ0) is 14.5. The van der Waals surface area contributed by atoms with E-state index in [4.69, 9.17) is 0 Å². The first-order valence-electron chi connectivity index (χ1n) is 6.77. The third-order valence-corrected chi connectivity index (χ3v) is 3.90. The number of nitrogens with one attached hydrogen (secondary N) is 1. The highest BCUT2D eigenvalue weighted by Gasteiger charge is 2.19. The van der Waals surface area contributed by atoms with Crippen molar-refractivity contribution in [2.24, 2.45) is 7.05 Å². The van der Waals surface area contributed by atoms with Crippen LogP contribution in [0.3, 0.4) is 0 Å². The zero-order valence-corrected chi connectivity index (χ0v) is 13.3. The molecule has 0 aliphatic carbocycles. The molecule has 0 amide bonds. The molecular formula is C15H19BrFN3. The Kier molecular flexibility index (Phi) is 5.31. The SMILES string of the molecule is CCCNC(Cc1ccccc1F)c1c(Br)cnn1C. The molecular weight excluding hydrogens is 321 g/mol. The molecule has 2 aromatic rings. The molecule has 0 fully saturated rings. The van der Waals surface area contributed by atoms with Crippen LogP contribution in [0, 0.1) is 5.82 Å². The van der Waals surface area contributed by atoms with E-state index in [0.29, 0.717) is 12.0 Å². The fraction of sp³-hybridized carbons (Fsp3) is 0.400. The summed E-state index contributed by atoms with van der Waals surface area (Å²) in [6.45, 7) is 3.00. The van der Waals surface area contributed by atoms with Gasteiger partial charge in [-0.3, -0.25) is 4.68 Å². The maximum absolute atomic E-state index is 13.9. The van der Waals surface area contributed by atoms with E-state index in [2.05, 4.69) is 33.3 Å². The molecule has 0 aliphatic heterocycles. The number of aryl methyl sites for hydroxylation is 1. The molecule has 0 radical (unpaired) electrons. The maximum atomic E-state index is 13.9. The Morgan fingerprint density at radius 1 is 1.40 bits per heavy atom. The first kappa shape index (κ1) is 15.2. The largest absolute Gasteiger partial charge is 0.308 e. The second kappa shape index (κ2) is 6.99. The third-order valence-electron chi connectivity index (χ3n) is 3.29. The molecule has 1 atom stereocenters. The van der Waals surface area contributed by atoms with Crippen LogP contribution in [-0.2, 0) is 13.5 Å². The molecule has 0 spiro atoms. The summed E-state index contributed by atoms with van der Waals surface area (Å²) in [5.41, 5.74) is 1.76. The monoisotopic (exact) mass is 339 g/mol. The Hall–Kier alpha value is -1.20. The van der Waals surface area contributed by atoms with Crippen molar-refractivity contribution in [3.63, 3.8) is 0 Å². The third kappa shape index (κ3) is 3.46. The number of aromatic nitrogens is 2. The van der Waals surface area contributed by atoms with Gasteiger partial charge < -0.3 is 5.32 Å². The van der Waals surface area contributed by atoms with Crippen LogP contribution in [0.5, 0.6) is 0 Å². The summed E-state index contributed by atoms with van der Waals surface area (Å²) in [6.07, 6.45) is 3.41. The molecule has 1 aromatic heterocycles. The van der Waals surface area contributed by atoms with Gasteiger partial charge in [-0.15, -0.1) is 0 Å². The lowest BCUT2D eigenvalue weighted by molar-refractivity contribution is 0.481. The number of hydrogen-bond acceptors (Lipinski definition) is 2. The van der Waals surface area contributed by atoms with Crippen molar-refractivity contribution in [1.82, 2.24) is 15.1 Å². The van der Waals surface area contributed by atoms with Gasteiger partial charge in [-0.25, -0.2) is 4.39 Å². The van der Waals surface area contributed by atoms with Crippen molar-refractivity contribution in [3.05, 3.63) is 52.0 Å². The Morgan fingerprint density at radius 3 is 2.75 bits per heavy atom. The van der Waals surface area contributed by atoms with Gasteiger partial charge in [0.2, 0.25) is 0 Å². The van der Waals surface area contributed by atoms with Gasteiger partial charge in [0.15, 0.2) is 0 Å². The molecule has 3 nitrogen and oxygen atoms in total. The normalized spacial score (nSPS) is 12.6. The van der Waals surface area contributed by atoms with Crippen molar-refractivity contribution in [3.8, 4) is 0 Å². The second-order valence-electron chi connectivity index (χ2n) is 4.80.